The molecule has 14 heavy (non-hydrogen) atoms. The number of rotatable bonds is 3. The van der Waals surface area contributed by atoms with Crippen molar-refractivity contribution in [2.45, 2.75) is 0 Å². The molecule has 1 aromatic carbocycles. The van der Waals surface area contributed by atoms with Crippen LogP contribution in [0, 0.1) is 0 Å². The fourth-order valence-corrected chi connectivity index (χ4v) is 1.36. The highest BCUT2D eigenvalue weighted by atomic mass is 35.5. The number of hydrogen-bond acceptors (Lipinski definition) is 4. The van der Waals surface area contributed by atoms with E-state index in [4.69, 9.17) is 38.3 Å². The summed E-state index contributed by atoms with van der Waals surface area (Å²) in [7, 11) is -1.25. The Morgan fingerprint density at radius 1 is 1.21 bits per heavy atom. The topological polar surface area (TPSA) is 69.9 Å². The molecule has 0 aliphatic rings. The maximum atomic E-state index is 8.86. The summed E-state index contributed by atoms with van der Waals surface area (Å²) in [4.78, 5) is 0. The molecule has 0 spiro atoms. The van der Waals surface area contributed by atoms with Crippen molar-refractivity contribution in [1.29, 1.82) is 0 Å². The molecule has 1 aromatic rings. The van der Waals surface area contributed by atoms with Crippen molar-refractivity contribution in [2.24, 2.45) is 0 Å². The normalized spacial score (nSPS) is 9.79. The molecule has 0 aliphatic heterocycles. The Labute approximate surface area is 91.5 Å². The maximum Gasteiger partial charge on any atom is 0.569 e. The van der Waals surface area contributed by atoms with Gasteiger partial charge in [0.05, 0.1) is 5.02 Å². The van der Waals surface area contributed by atoms with E-state index in [9.17, 15) is 0 Å². The molecule has 0 fully saturated rings. The number of halogens is 2. The molecule has 0 saturated heterocycles. The highest BCUT2D eigenvalue weighted by molar-refractivity contribution is 6.63. The Kier molecular flexibility index (Phi) is 4.10. The molecule has 0 saturated carbocycles. The van der Waals surface area contributed by atoms with Gasteiger partial charge in [-0.25, -0.2) is 0 Å². The molecule has 0 atom stereocenters. The second-order valence-electron chi connectivity index (χ2n) is 2.40. The third-order valence-corrected chi connectivity index (χ3v) is 2.13. The zero-order valence-corrected chi connectivity index (χ0v) is 8.33. The molecule has 0 aromatic heterocycles. The summed E-state index contributed by atoms with van der Waals surface area (Å²) in [6.07, 6.45) is 0. The molecular weight excluding hydrogens is 229 g/mol. The van der Waals surface area contributed by atoms with Gasteiger partial charge in [-0.05, 0) is 12.1 Å². The fourth-order valence-electron chi connectivity index (χ4n) is 0.889. The van der Waals surface area contributed by atoms with Crippen LogP contribution in [0.3, 0.4) is 0 Å². The van der Waals surface area contributed by atoms with E-state index in [1.54, 1.807) is 0 Å². The average Bonchev–Trinajstić information content (AvgIpc) is 2.10. The van der Waals surface area contributed by atoms with Gasteiger partial charge in [-0.2, -0.15) is 0 Å². The molecule has 0 bridgehead atoms. The van der Waals surface area contributed by atoms with Gasteiger partial charge < -0.3 is 19.7 Å². The second kappa shape index (κ2) is 4.91. The van der Waals surface area contributed by atoms with Gasteiger partial charge in [0.2, 0.25) is 0 Å². The van der Waals surface area contributed by atoms with Crippen LogP contribution in [0.5, 0.6) is 5.75 Å². The quantitative estimate of drug-likeness (QED) is 0.620. The lowest BCUT2D eigenvalue weighted by molar-refractivity contribution is 0.425. The van der Waals surface area contributed by atoms with E-state index in [0.29, 0.717) is 7.69 Å². The van der Waals surface area contributed by atoms with Gasteiger partial charge in [-0.1, -0.05) is 23.2 Å². The molecule has 73 valence electrons. The predicted octanol–water partition coefficient (Wildman–Crippen LogP) is -0.421. The van der Waals surface area contributed by atoms with Crippen molar-refractivity contribution in [3.05, 3.63) is 22.2 Å². The van der Waals surface area contributed by atoms with Crippen molar-refractivity contribution in [3.8, 4) is 5.75 Å². The van der Waals surface area contributed by atoms with Crippen molar-refractivity contribution < 1.29 is 19.7 Å². The van der Waals surface area contributed by atoms with E-state index >= 15 is 0 Å². The molecule has 0 aliphatic carbocycles. The summed E-state index contributed by atoms with van der Waals surface area (Å²) >= 11 is 11.4. The third-order valence-electron chi connectivity index (χ3n) is 1.51. The van der Waals surface area contributed by atoms with E-state index in [1.807, 2.05) is 0 Å². The van der Waals surface area contributed by atoms with Gasteiger partial charge in [-0.15, -0.1) is 0 Å². The summed E-state index contributed by atoms with van der Waals surface area (Å²) in [5.74, 6) is 0.128. The second-order valence-corrected chi connectivity index (χ2v) is 3.22. The van der Waals surface area contributed by atoms with Crippen LogP contribution in [-0.4, -0.2) is 29.9 Å². The molecule has 0 heterocycles. The van der Waals surface area contributed by atoms with E-state index in [-0.39, 0.29) is 21.3 Å². The van der Waals surface area contributed by atoms with Gasteiger partial charge >= 0.3 is 14.8 Å². The average molecular weight is 234 g/mol. The van der Waals surface area contributed by atoms with Crippen molar-refractivity contribution in [2.75, 3.05) is 0 Å². The minimum atomic E-state index is -1.70. The van der Waals surface area contributed by atoms with Crippen LogP contribution in [0.15, 0.2) is 12.1 Å². The van der Waals surface area contributed by atoms with Crippen molar-refractivity contribution in [1.82, 2.24) is 0 Å². The van der Waals surface area contributed by atoms with Gasteiger partial charge in [0, 0.05) is 10.5 Å². The van der Waals surface area contributed by atoms with Gasteiger partial charge in [0.25, 0.3) is 0 Å². The summed E-state index contributed by atoms with van der Waals surface area (Å²) in [6.45, 7) is 0. The maximum absolute atomic E-state index is 8.86. The summed E-state index contributed by atoms with van der Waals surface area (Å²) < 4.78 is 4.60. The van der Waals surface area contributed by atoms with E-state index in [2.05, 4.69) is 4.65 Å². The summed E-state index contributed by atoms with van der Waals surface area (Å²) in [5.41, 5.74) is 0.0713. The van der Waals surface area contributed by atoms with Crippen LogP contribution in [0.2, 0.25) is 10.0 Å². The molecule has 1 radical (unpaired) electrons. The Morgan fingerprint density at radius 2 is 1.86 bits per heavy atom. The number of hydrogen-bond donors (Lipinski definition) is 3. The lowest BCUT2D eigenvalue weighted by Gasteiger charge is -2.08. The molecule has 4 nitrogen and oxygen atoms in total. The molecule has 0 amide bonds. The lowest BCUT2D eigenvalue weighted by Crippen LogP contribution is -2.30. The van der Waals surface area contributed by atoms with Crippen LogP contribution < -0.4 is 10.1 Å². The molecule has 1 rings (SSSR count). The smallest absolute Gasteiger partial charge is 0.536 e. The van der Waals surface area contributed by atoms with Crippen LogP contribution in [-0.2, 0) is 0 Å². The predicted molar refractivity (Wildman–Crippen MR) is 54.9 cm³/mol. The molecule has 3 N–H and O–H groups in total. The number of benzene rings is 1. The Morgan fingerprint density at radius 3 is 2.36 bits per heavy atom. The summed E-state index contributed by atoms with van der Waals surface area (Å²) in [6, 6.07) is 2.51. The lowest BCUT2D eigenvalue weighted by atomic mass is 9.80. The highest BCUT2D eigenvalue weighted by Crippen LogP contribution is 2.26. The largest absolute Gasteiger partial charge is 0.569 e. The Balaban J connectivity index is 3.10. The van der Waals surface area contributed by atoms with Crippen LogP contribution in [0.4, 0.5) is 0 Å². The fraction of sp³-hybridized carbons (Fsp3) is 0. The van der Waals surface area contributed by atoms with Gasteiger partial charge in [-0.3, -0.25) is 0 Å². The van der Waals surface area contributed by atoms with Crippen LogP contribution >= 0.6 is 23.2 Å². The zero-order valence-electron chi connectivity index (χ0n) is 6.82. The minimum Gasteiger partial charge on any atom is -0.536 e. The van der Waals surface area contributed by atoms with Crippen molar-refractivity contribution >= 4 is 43.5 Å². The first-order chi connectivity index (χ1) is 6.56. The van der Waals surface area contributed by atoms with Gasteiger partial charge in [0.15, 0.2) is 0 Å². The first-order valence-electron chi connectivity index (χ1n) is 3.54. The highest BCUT2D eigenvalue weighted by Gasteiger charge is 2.18. The SMILES string of the molecule is O[B]Oc1cc(Cl)c(B(O)O)cc1Cl. The summed E-state index contributed by atoms with van der Waals surface area (Å²) in [5, 5.41) is 26.3. The van der Waals surface area contributed by atoms with E-state index < -0.39 is 7.12 Å². The Bertz CT molecular complexity index is 334. The van der Waals surface area contributed by atoms with E-state index in [1.165, 1.54) is 12.1 Å². The van der Waals surface area contributed by atoms with Crippen molar-refractivity contribution in [3.63, 3.8) is 0 Å². The molecule has 0 unspecified atom stereocenters. The van der Waals surface area contributed by atoms with E-state index in [0.717, 1.165) is 0 Å². The van der Waals surface area contributed by atoms with Gasteiger partial charge in [0.1, 0.15) is 5.75 Å². The first-order valence-corrected chi connectivity index (χ1v) is 4.29. The molecule has 8 heteroatoms. The van der Waals surface area contributed by atoms with Crippen LogP contribution in [0.1, 0.15) is 0 Å². The standard InChI is InChI=1S/C6H5B2Cl2O4/c9-4-2-6(14-7-11)5(10)1-3(4)8(12)13/h1-2,11-13H. The van der Waals surface area contributed by atoms with Crippen LogP contribution in [0.25, 0.3) is 0 Å². The minimum absolute atomic E-state index is 0.0713. The third kappa shape index (κ3) is 2.56. The monoisotopic (exact) mass is 233 g/mol. The first kappa shape index (κ1) is 11.7. The molecular formula is C6H5B2Cl2O4. The Hall–Kier alpha value is -0.390. The zero-order chi connectivity index (χ0) is 10.7.